The summed E-state index contributed by atoms with van der Waals surface area (Å²) in [4.78, 5) is 3.87. The Balaban J connectivity index is 2.12. The number of halogens is 1. The maximum Gasteiger partial charge on any atom is 0.119 e. The highest BCUT2D eigenvalue weighted by Crippen LogP contribution is 2.25. The quantitative estimate of drug-likeness (QED) is 0.434. The molecule has 4 heteroatoms. The molecule has 22 heavy (non-hydrogen) atoms. The van der Waals surface area contributed by atoms with Gasteiger partial charge in [-0.2, -0.15) is 4.99 Å². The highest BCUT2D eigenvalue weighted by atomic mass is 35.5. The molecule has 0 amide bonds. The fourth-order valence-electron chi connectivity index (χ4n) is 1.72. The van der Waals surface area contributed by atoms with Crippen molar-refractivity contribution < 1.29 is 4.74 Å². The number of benzene rings is 2. The molecule has 0 aromatic heterocycles. The van der Waals surface area contributed by atoms with Gasteiger partial charge in [0.15, 0.2) is 0 Å². The van der Waals surface area contributed by atoms with Crippen LogP contribution in [0.4, 0.5) is 5.69 Å². The van der Waals surface area contributed by atoms with Gasteiger partial charge in [-0.3, -0.25) is 0 Å². The van der Waals surface area contributed by atoms with Gasteiger partial charge >= 0.3 is 0 Å². The van der Waals surface area contributed by atoms with Crippen LogP contribution in [0.2, 0.25) is 5.02 Å². The summed E-state index contributed by atoms with van der Waals surface area (Å²) < 4.78 is 5.53. The molecule has 0 heterocycles. The predicted molar refractivity (Wildman–Crippen MR) is 94.3 cm³/mol. The van der Waals surface area contributed by atoms with E-state index in [-0.39, 0.29) is 0 Å². The smallest absolute Gasteiger partial charge is 0.119 e. The van der Waals surface area contributed by atoms with Crippen molar-refractivity contribution in [1.82, 2.24) is 0 Å². The van der Waals surface area contributed by atoms with Gasteiger partial charge in [0.2, 0.25) is 0 Å². The van der Waals surface area contributed by atoms with Gasteiger partial charge in [0, 0.05) is 11.1 Å². The van der Waals surface area contributed by atoms with E-state index in [1.54, 1.807) is 12.1 Å². The molecule has 0 bridgehead atoms. The lowest BCUT2D eigenvalue weighted by molar-refractivity contribution is 0.317. The van der Waals surface area contributed by atoms with Crippen molar-refractivity contribution in [2.75, 3.05) is 6.61 Å². The summed E-state index contributed by atoms with van der Waals surface area (Å²) in [5.41, 5.74) is 2.33. The van der Waals surface area contributed by atoms with Gasteiger partial charge in [-0.05, 0) is 61.1 Å². The molecule has 2 aromatic rings. The minimum atomic E-state index is 0.507. The van der Waals surface area contributed by atoms with Crippen LogP contribution in [-0.4, -0.2) is 11.8 Å². The minimum absolute atomic E-state index is 0.507. The van der Waals surface area contributed by atoms with Crippen molar-refractivity contribution in [2.45, 2.75) is 13.3 Å². The lowest BCUT2D eigenvalue weighted by atomic mass is 10.1. The molecular weight excluding hydrogens is 314 g/mol. The number of nitrogens with zero attached hydrogens (tertiary/aromatic N) is 1. The second kappa shape index (κ2) is 8.36. The van der Waals surface area contributed by atoms with Gasteiger partial charge in [0.05, 0.1) is 22.5 Å². The SMILES string of the molecule is CCCOc1ccc(C#Cc2ccc(N=C=S)c(Cl)c2)cc1. The van der Waals surface area contributed by atoms with Crippen molar-refractivity contribution in [3.05, 3.63) is 58.6 Å². The molecule has 0 aliphatic carbocycles. The maximum absolute atomic E-state index is 6.09. The van der Waals surface area contributed by atoms with Gasteiger partial charge in [-0.25, -0.2) is 0 Å². The Morgan fingerprint density at radius 1 is 1.09 bits per heavy atom. The van der Waals surface area contributed by atoms with E-state index < -0.39 is 0 Å². The Morgan fingerprint density at radius 3 is 2.41 bits per heavy atom. The van der Waals surface area contributed by atoms with Crippen LogP contribution in [-0.2, 0) is 0 Å². The molecule has 0 aliphatic rings. The molecule has 2 rings (SSSR count). The topological polar surface area (TPSA) is 21.6 Å². The van der Waals surface area contributed by atoms with E-state index in [2.05, 4.69) is 41.1 Å². The van der Waals surface area contributed by atoms with Gasteiger partial charge in [0.25, 0.3) is 0 Å². The molecule has 0 N–H and O–H groups in total. The first-order valence-electron chi connectivity index (χ1n) is 6.85. The summed E-state index contributed by atoms with van der Waals surface area (Å²) in [6.07, 6.45) is 0.992. The van der Waals surface area contributed by atoms with Crippen LogP contribution in [0.1, 0.15) is 24.5 Å². The summed E-state index contributed by atoms with van der Waals surface area (Å²) in [7, 11) is 0. The van der Waals surface area contributed by atoms with E-state index in [4.69, 9.17) is 16.3 Å². The number of hydrogen-bond donors (Lipinski definition) is 0. The zero-order chi connectivity index (χ0) is 15.8. The third-order valence-electron chi connectivity index (χ3n) is 2.79. The zero-order valence-electron chi connectivity index (χ0n) is 12.1. The summed E-state index contributed by atoms with van der Waals surface area (Å²) in [5.74, 6) is 7.02. The van der Waals surface area contributed by atoms with Crippen LogP contribution in [0.15, 0.2) is 47.5 Å². The van der Waals surface area contributed by atoms with Crippen molar-refractivity contribution in [3.8, 4) is 17.6 Å². The van der Waals surface area contributed by atoms with Crippen LogP contribution in [0.3, 0.4) is 0 Å². The number of isothiocyanates is 1. The summed E-state index contributed by atoms with van der Waals surface area (Å²) in [6, 6.07) is 13.1. The van der Waals surface area contributed by atoms with Crippen LogP contribution >= 0.6 is 23.8 Å². The number of thiocarbonyl (C=S) groups is 1. The minimum Gasteiger partial charge on any atom is -0.494 e. The molecule has 0 aliphatic heterocycles. The van der Waals surface area contributed by atoms with Crippen LogP contribution < -0.4 is 4.74 Å². The zero-order valence-corrected chi connectivity index (χ0v) is 13.7. The average molecular weight is 328 g/mol. The molecule has 0 fully saturated rings. The molecule has 0 saturated carbocycles. The average Bonchev–Trinajstić information content (AvgIpc) is 2.54. The number of hydrogen-bond acceptors (Lipinski definition) is 3. The Bertz CT molecular complexity index is 753. The third-order valence-corrected chi connectivity index (χ3v) is 3.19. The predicted octanol–water partition coefficient (Wildman–Crippen LogP) is 5.26. The summed E-state index contributed by atoms with van der Waals surface area (Å²) in [5, 5.41) is 2.80. The van der Waals surface area contributed by atoms with Crippen LogP contribution in [0, 0.1) is 11.8 Å². The van der Waals surface area contributed by atoms with Gasteiger partial charge in [-0.1, -0.05) is 30.4 Å². The monoisotopic (exact) mass is 327 g/mol. The lowest BCUT2D eigenvalue weighted by Crippen LogP contribution is -1.94. The Hall–Kier alpha value is -2.11. The van der Waals surface area contributed by atoms with Crippen LogP contribution in [0.25, 0.3) is 0 Å². The van der Waals surface area contributed by atoms with Crippen molar-refractivity contribution in [1.29, 1.82) is 0 Å². The number of rotatable bonds is 4. The van der Waals surface area contributed by atoms with Crippen LogP contribution in [0.5, 0.6) is 5.75 Å². The second-order valence-electron chi connectivity index (χ2n) is 4.49. The van der Waals surface area contributed by atoms with Gasteiger partial charge in [-0.15, -0.1) is 0 Å². The molecule has 2 nitrogen and oxygen atoms in total. The Morgan fingerprint density at radius 2 is 1.77 bits per heavy atom. The van der Waals surface area contributed by atoms with E-state index >= 15 is 0 Å². The fourth-order valence-corrected chi connectivity index (χ4v) is 2.04. The lowest BCUT2D eigenvalue weighted by Gasteiger charge is -2.03. The van der Waals surface area contributed by atoms with E-state index in [1.807, 2.05) is 30.3 Å². The van der Waals surface area contributed by atoms with Gasteiger partial charge < -0.3 is 4.74 Å². The number of ether oxygens (including phenoxy) is 1. The molecule has 0 atom stereocenters. The Labute approximate surface area is 140 Å². The fraction of sp³-hybridized carbons (Fsp3) is 0.167. The molecule has 0 saturated heterocycles. The first-order chi connectivity index (χ1) is 10.7. The highest BCUT2D eigenvalue weighted by Gasteiger charge is 1.98. The Kier molecular flexibility index (Phi) is 6.18. The first kappa shape index (κ1) is 16.3. The van der Waals surface area contributed by atoms with Crippen molar-refractivity contribution in [3.63, 3.8) is 0 Å². The van der Waals surface area contributed by atoms with E-state index in [9.17, 15) is 0 Å². The molecular formula is C18H14ClNOS. The van der Waals surface area contributed by atoms with E-state index in [1.165, 1.54) is 0 Å². The standard InChI is InChI=1S/C18H14ClNOS/c1-2-11-21-16-8-5-14(6-9-16)3-4-15-7-10-18(20-13-22)17(19)12-15/h5-10,12H,2,11H2,1H3. The third kappa shape index (κ3) is 4.72. The second-order valence-corrected chi connectivity index (χ2v) is 5.08. The molecule has 2 aromatic carbocycles. The maximum atomic E-state index is 6.09. The molecule has 110 valence electrons. The normalized spacial score (nSPS) is 9.36. The molecule has 0 radical (unpaired) electrons. The van der Waals surface area contributed by atoms with Crippen molar-refractivity contribution >= 4 is 34.7 Å². The molecule has 0 spiro atoms. The van der Waals surface area contributed by atoms with E-state index in [0.29, 0.717) is 10.7 Å². The largest absolute Gasteiger partial charge is 0.494 e. The highest BCUT2D eigenvalue weighted by molar-refractivity contribution is 7.78. The number of aliphatic imine (C=N–C) groups is 1. The first-order valence-corrected chi connectivity index (χ1v) is 7.64. The van der Waals surface area contributed by atoms with E-state index in [0.717, 1.165) is 29.9 Å². The van der Waals surface area contributed by atoms with Crippen molar-refractivity contribution in [2.24, 2.45) is 4.99 Å². The molecule has 0 unspecified atom stereocenters. The summed E-state index contributed by atoms with van der Waals surface area (Å²) in [6.45, 7) is 2.80. The summed E-state index contributed by atoms with van der Waals surface area (Å²) >= 11 is 10.7. The van der Waals surface area contributed by atoms with Gasteiger partial charge in [0.1, 0.15) is 5.75 Å².